The predicted octanol–water partition coefficient (Wildman–Crippen LogP) is 4.80. The van der Waals surface area contributed by atoms with Gasteiger partial charge in [-0.3, -0.25) is 4.79 Å². The monoisotopic (exact) mass is 401 g/mol. The zero-order valence-electron chi connectivity index (χ0n) is 15.7. The first kappa shape index (κ1) is 20.3. The van der Waals surface area contributed by atoms with Crippen molar-refractivity contribution >= 4 is 11.6 Å². The molecule has 0 saturated carbocycles. The Balaban J connectivity index is 1.71. The van der Waals surface area contributed by atoms with Crippen LogP contribution in [0.25, 0.3) is 11.4 Å². The van der Waals surface area contributed by atoms with Gasteiger partial charge in [-0.05, 0) is 26.0 Å². The lowest BCUT2D eigenvalue weighted by molar-refractivity contribution is -0.137. The lowest BCUT2D eigenvalue weighted by Crippen LogP contribution is -2.22. The number of aromatic nitrogens is 2. The predicted molar refractivity (Wildman–Crippen MR) is 103 cm³/mol. The second-order valence-corrected chi connectivity index (χ2v) is 6.42. The first-order valence-corrected chi connectivity index (χ1v) is 8.74. The summed E-state index contributed by atoms with van der Waals surface area (Å²) in [7, 11) is 0. The standard InChI is InChI=1S/C21H18F3N3O2/c1-13-7-9-15(10-8-13)20-25-14(2)11-19(27-20)29-12-18(28)26-17-6-4-3-5-16(17)21(22,23)24/h3-11H,12H2,1-2H3,(H,26,28). The number of halogens is 3. The number of anilines is 1. The fourth-order valence-corrected chi connectivity index (χ4v) is 2.61. The van der Waals surface area contributed by atoms with Gasteiger partial charge in [0.05, 0.1) is 11.3 Å². The van der Waals surface area contributed by atoms with E-state index in [1.54, 1.807) is 13.0 Å². The van der Waals surface area contributed by atoms with E-state index < -0.39 is 24.3 Å². The van der Waals surface area contributed by atoms with Gasteiger partial charge in [0, 0.05) is 17.3 Å². The Morgan fingerprint density at radius 2 is 1.72 bits per heavy atom. The molecule has 0 saturated heterocycles. The Morgan fingerprint density at radius 1 is 1.03 bits per heavy atom. The molecule has 0 spiro atoms. The first-order chi connectivity index (χ1) is 13.7. The molecule has 1 heterocycles. The van der Waals surface area contributed by atoms with Crippen molar-refractivity contribution < 1.29 is 22.7 Å². The van der Waals surface area contributed by atoms with E-state index in [0.717, 1.165) is 17.2 Å². The lowest BCUT2D eigenvalue weighted by atomic mass is 10.1. The van der Waals surface area contributed by atoms with Gasteiger partial charge in [0.1, 0.15) is 0 Å². The summed E-state index contributed by atoms with van der Waals surface area (Å²) in [6.45, 7) is 3.23. The Morgan fingerprint density at radius 3 is 2.41 bits per heavy atom. The number of rotatable bonds is 5. The highest BCUT2D eigenvalue weighted by Crippen LogP contribution is 2.34. The number of para-hydroxylation sites is 1. The molecule has 3 rings (SSSR count). The summed E-state index contributed by atoms with van der Waals surface area (Å²) in [6.07, 6.45) is -4.57. The van der Waals surface area contributed by atoms with Gasteiger partial charge in [0.15, 0.2) is 12.4 Å². The lowest BCUT2D eigenvalue weighted by Gasteiger charge is -2.14. The van der Waals surface area contributed by atoms with Gasteiger partial charge in [-0.15, -0.1) is 0 Å². The van der Waals surface area contributed by atoms with E-state index in [0.29, 0.717) is 11.5 Å². The van der Waals surface area contributed by atoms with Crippen LogP contribution in [0, 0.1) is 13.8 Å². The SMILES string of the molecule is Cc1ccc(-c2nc(C)cc(OCC(=O)Nc3ccccc3C(F)(F)F)n2)cc1. The van der Waals surface area contributed by atoms with Crippen molar-refractivity contribution in [1.82, 2.24) is 9.97 Å². The Labute approximate surface area is 165 Å². The van der Waals surface area contributed by atoms with E-state index in [1.165, 1.54) is 18.2 Å². The number of alkyl halides is 3. The van der Waals surface area contributed by atoms with Crippen LogP contribution in [0.5, 0.6) is 5.88 Å². The molecule has 3 aromatic rings. The van der Waals surface area contributed by atoms with Gasteiger partial charge in [-0.2, -0.15) is 18.2 Å². The topological polar surface area (TPSA) is 64.1 Å². The first-order valence-electron chi connectivity index (χ1n) is 8.74. The Kier molecular flexibility index (Phi) is 5.81. The highest BCUT2D eigenvalue weighted by molar-refractivity contribution is 5.92. The molecular weight excluding hydrogens is 383 g/mol. The van der Waals surface area contributed by atoms with E-state index in [1.807, 2.05) is 31.2 Å². The van der Waals surface area contributed by atoms with Crippen molar-refractivity contribution in [3.63, 3.8) is 0 Å². The molecule has 5 nitrogen and oxygen atoms in total. The molecule has 1 N–H and O–H groups in total. The average Bonchev–Trinajstić information content (AvgIpc) is 2.66. The highest BCUT2D eigenvalue weighted by Gasteiger charge is 2.33. The molecular formula is C21H18F3N3O2. The molecule has 0 bridgehead atoms. The second-order valence-electron chi connectivity index (χ2n) is 6.42. The maximum atomic E-state index is 13.0. The number of carbonyl (C=O) groups is 1. The molecule has 29 heavy (non-hydrogen) atoms. The van der Waals surface area contributed by atoms with Gasteiger partial charge in [-0.25, -0.2) is 4.98 Å². The van der Waals surface area contributed by atoms with Crippen molar-refractivity contribution in [2.24, 2.45) is 0 Å². The molecule has 1 aromatic heterocycles. The molecule has 0 aliphatic rings. The number of ether oxygens (including phenoxy) is 1. The van der Waals surface area contributed by atoms with Crippen LogP contribution in [0.2, 0.25) is 0 Å². The number of hydrogen-bond acceptors (Lipinski definition) is 4. The van der Waals surface area contributed by atoms with E-state index in [-0.39, 0.29) is 11.6 Å². The zero-order valence-corrected chi connectivity index (χ0v) is 15.7. The Bertz CT molecular complexity index is 1020. The number of benzene rings is 2. The largest absolute Gasteiger partial charge is 0.467 e. The number of nitrogens with zero attached hydrogens (tertiary/aromatic N) is 2. The number of aryl methyl sites for hydroxylation is 2. The minimum absolute atomic E-state index is 0.160. The van der Waals surface area contributed by atoms with Gasteiger partial charge < -0.3 is 10.1 Å². The number of nitrogens with one attached hydrogen (secondary N) is 1. The molecule has 0 atom stereocenters. The molecule has 150 valence electrons. The van der Waals surface area contributed by atoms with Gasteiger partial charge in [-0.1, -0.05) is 42.0 Å². The summed E-state index contributed by atoms with van der Waals surface area (Å²) in [6, 6.07) is 13.9. The van der Waals surface area contributed by atoms with Crippen LogP contribution in [-0.4, -0.2) is 22.5 Å². The number of carbonyl (C=O) groups excluding carboxylic acids is 1. The zero-order chi connectivity index (χ0) is 21.0. The van der Waals surface area contributed by atoms with Crippen molar-refractivity contribution in [1.29, 1.82) is 0 Å². The van der Waals surface area contributed by atoms with Crippen LogP contribution in [0.15, 0.2) is 54.6 Å². The summed E-state index contributed by atoms with van der Waals surface area (Å²) < 4.78 is 44.5. The average molecular weight is 401 g/mol. The smallest absolute Gasteiger partial charge is 0.418 e. The normalized spacial score (nSPS) is 11.2. The fraction of sp³-hybridized carbons (Fsp3) is 0.190. The van der Waals surface area contributed by atoms with Crippen molar-refractivity contribution in [2.75, 3.05) is 11.9 Å². The second kappa shape index (κ2) is 8.30. The Hall–Kier alpha value is -3.42. The molecule has 2 aromatic carbocycles. The van der Waals surface area contributed by atoms with Crippen molar-refractivity contribution in [3.05, 3.63) is 71.4 Å². The van der Waals surface area contributed by atoms with Crippen LogP contribution in [0.1, 0.15) is 16.8 Å². The van der Waals surface area contributed by atoms with E-state index in [4.69, 9.17) is 4.74 Å². The van der Waals surface area contributed by atoms with Crippen LogP contribution in [0.3, 0.4) is 0 Å². The summed E-state index contributed by atoms with van der Waals surface area (Å²) in [5, 5.41) is 2.23. The van der Waals surface area contributed by atoms with Crippen molar-refractivity contribution in [3.8, 4) is 17.3 Å². The summed E-state index contributed by atoms with van der Waals surface area (Å²) in [5.74, 6) is -0.134. The summed E-state index contributed by atoms with van der Waals surface area (Å²) in [5.41, 5.74) is 1.26. The van der Waals surface area contributed by atoms with Crippen LogP contribution >= 0.6 is 0 Å². The van der Waals surface area contributed by atoms with E-state index in [9.17, 15) is 18.0 Å². The maximum absolute atomic E-state index is 13.0. The third-order valence-electron chi connectivity index (χ3n) is 4.00. The molecule has 0 aliphatic carbocycles. The number of amides is 1. The van der Waals surface area contributed by atoms with Gasteiger partial charge in [0.2, 0.25) is 5.88 Å². The van der Waals surface area contributed by atoms with Gasteiger partial charge in [0.25, 0.3) is 5.91 Å². The molecule has 0 aliphatic heterocycles. The van der Waals surface area contributed by atoms with Crippen LogP contribution in [0.4, 0.5) is 18.9 Å². The minimum Gasteiger partial charge on any atom is -0.467 e. The minimum atomic E-state index is -4.57. The third-order valence-corrected chi connectivity index (χ3v) is 4.00. The molecule has 0 radical (unpaired) electrons. The number of hydrogen-bond donors (Lipinski definition) is 1. The van der Waals surface area contributed by atoms with Gasteiger partial charge >= 0.3 is 6.18 Å². The van der Waals surface area contributed by atoms with E-state index in [2.05, 4.69) is 15.3 Å². The van der Waals surface area contributed by atoms with Crippen molar-refractivity contribution in [2.45, 2.75) is 20.0 Å². The highest BCUT2D eigenvalue weighted by atomic mass is 19.4. The molecule has 0 fully saturated rings. The van der Waals surface area contributed by atoms with Crippen LogP contribution < -0.4 is 10.1 Å². The fourth-order valence-electron chi connectivity index (χ4n) is 2.61. The van der Waals surface area contributed by atoms with E-state index >= 15 is 0 Å². The third kappa shape index (κ3) is 5.31. The summed E-state index contributed by atoms with van der Waals surface area (Å²) >= 11 is 0. The molecule has 1 amide bonds. The van der Waals surface area contributed by atoms with Crippen LogP contribution in [-0.2, 0) is 11.0 Å². The molecule has 0 unspecified atom stereocenters. The quantitative estimate of drug-likeness (QED) is 0.667. The maximum Gasteiger partial charge on any atom is 0.418 e. The summed E-state index contributed by atoms with van der Waals surface area (Å²) in [4.78, 5) is 20.7. The molecule has 8 heteroatoms.